The van der Waals surface area contributed by atoms with Crippen LogP contribution in [-0.4, -0.2) is 22.6 Å². The number of rotatable bonds is 5. The summed E-state index contributed by atoms with van der Waals surface area (Å²) < 4.78 is 2.20. The number of likely N-dealkylation sites (N-methyl/N-ethyl adjacent to an activating group) is 1. The minimum atomic E-state index is 0.434. The first kappa shape index (κ1) is 12.7. The summed E-state index contributed by atoms with van der Waals surface area (Å²) in [6.45, 7) is 2.82. The standard InChI is InChI=1S/C15H19N3/c1-3-4-5-8-13(16-2)11-18-12-17-14-9-6-7-10-15(14)18/h6-7,9-10,12-13,16H,5,8,11H2,1-2H3. The maximum atomic E-state index is 4.41. The van der Waals surface area contributed by atoms with Gasteiger partial charge in [-0.15, -0.1) is 11.8 Å². The Hall–Kier alpha value is -1.79. The van der Waals surface area contributed by atoms with Gasteiger partial charge in [0.1, 0.15) is 0 Å². The van der Waals surface area contributed by atoms with Crippen LogP contribution < -0.4 is 5.32 Å². The van der Waals surface area contributed by atoms with Gasteiger partial charge in [0.15, 0.2) is 0 Å². The molecule has 1 atom stereocenters. The number of fused-ring (bicyclic) bond motifs is 1. The number of imidazole rings is 1. The first-order chi connectivity index (χ1) is 8.85. The quantitative estimate of drug-likeness (QED) is 0.815. The molecule has 1 aromatic carbocycles. The number of hydrogen-bond donors (Lipinski definition) is 1. The molecule has 0 aliphatic rings. The highest BCUT2D eigenvalue weighted by Crippen LogP contribution is 2.13. The van der Waals surface area contributed by atoms with Crippen LogP contribution in [0.25, 0.3) is 11.0 Å². The number of nitrogens with zero attached hydrogens (tertiary/aromatic N) is 2. The van der Waals surface area contributed by atoms with Crippen molar-refractivity contribution in [2.75, 3.05) is 7.05 Å². The van der Waals surface area contributed by atoms with E-state index in [1.54, 1.807) is 0 Å². The molecule has 0 aliphatic carbocycles. The molecule has 1 heterocycles. The summed E-state index contributed by atoms with van der Waals surface area (Å²) in [7, 11) is 2.00. The second kappa shape index (κ2) is 6.23. The van der Waals surface area contributed by atoms with Crippen molar-refractivity contribution in [1.29, 1.82) is 0 Å². The summed E-state index contributed by atoms with van der Waals surface area (Å²) in [5.74, 6) is 6.05. The van der Waals surface area contributed by atoms with E-state index in [-0.39, 0.29) is 0 Å². The van der Waals surface area contributed by atoms with Crippen molar-refractivity contribution in [3.05, 3.63) is 30.6 Å². The number of aromatic nitrogens is 2. The summed E-state index contributed by atoms with van der Waals surface area (Å²) in [5, 5.41) is 3.35. The molecule has 94 valence electrons. The van der Waals surface area contributed by atoms with E-state index in [9.17, 15) is 0 Å². The average Bonchev–Trinajstić information content (AvgIpc) is 2.81. The van der Waals surface area contributed by atoms with Gasteiger partial charge in [0.05, 0.1) is 17.4 Å². The molecule has 0 spiro atoms. The molecule has 3 nitrogen and oxygen atoms in total. The third-order valence-corrected chi connectivity index (χ3v) is 3.15. The summed E-state index contributed by atoms with van der Waals surface area (Å²) in [6.07, 6.45) is 3.92. The van der Waals surface area contributed by atoms with E-state index in [0.717, 1.165) is 24.9 Å². The average molecular weight is 241 g/mol. The normalized spacial score (nSPS) is 12.1. The zero-order valence-electron chi connectivity index (χ0n) is 11.0. The van der Waals surface area contributed by atoms with Gasteiger partial charge in [0, 0.05) is 19.0 Å². The Morgan fingerprint density at radius 2 is 2.22 bits per heavy atom. The largest absolute Gasteiger partial charge is 0.329 e. The van der Waals surface area contributed by atoms with E-state index in [1.807, 2.05) is 32.4 Å². The lowest BCUT2D eigenvalue weighted by atomic mass is 10.1. The van der Waals surface area contributed by atoms with E-state index in [2.05, 4.69) is 38.8 Å². The molecule has 0 aliphatic heterocycles. The molecule has 2 rings (SSSR count). The highest BCUT2D eigenvalue weighted by Gasteiger charge is 2.08. The van der Waals surface area contributed by atoms with Crippen molar-refractivity contribution >= 4 is 11.0 Å². The van der Waals surface area contributed by atoms with Crippen LogP contribution in [0.5, 0.6) is 0 Å². The second-order valence-electron chi connectivity index (χ2n) is 4.34. The Balaban J connectivity index is 2.08. The van der Waals surface area contributed by atoms with Gasteiger partial charge in [0.2, 0.25) is 0 Å². The number of benzene rings is 1. The third-order valence-electron chi connectivity index (χ3n) is 3.15. The second-order valence-corrected chi connectivity index (χ2v) is 4.34. The molecule has 0 saturated heterocycles. The van der Waals surface area contributed by atoms with Gasteiger partial charge < -0.3 is 9.88 Å². The van der Waals surface area contributed by atoms with Crippen LogP contribution in [0, 0.1) is 11.8 Å². The lowest BCUT2D eigenvalue weighted by Crippen LogP contribution is -2.29. The van der Waals surface area contributed by atoms with Crippen molar-refractivity contribution in [1.82, 2.24) is 14.9 Å². The fraction of sp³-hybridized carbons (Fsp3) is 0.400. The smallest absolute Gasteiger partial charge is 0.0958 e. The number of para-hydroxylation sites is 2. The molecule has 0 fully saturated rings. The Labute approximate surface area is 108 Å². The minimum absolute atomic E-state index is 0.434. The Morgan fingerprint density at radius 1 is 1.39 bits per heavy atom. The van der Waals surface area contributed by atoms with E-state index in [4.69, 9.17) is 0 Å². The summed E-state index contributed by atoms with van der Waals surface area (Å²) in [6, 6.07) is 8.66. The highest BCUT2D eigenvalue weighted by molar-refractivity contribution is 5.74. The molecule has 3 heteroatoms. The van der Waals surface area contributed by atoms with E-state index >= 15 is 0 Å². The van der Waals surface area contributed by atoms with Crippen molar-refractivity contribution < 1.29 is 0 Å². The SMILES string of the molecule is CC#CCCC(Cn1cnc2ccccc21)NC. The van der Waals surface area contributed by atoms with Gasteiger partial charge in [-0.3, -0.25) is 0 Å². The van der Waals surface area contributed by atoms with Crippen molar-refractivity contribution in [2.24, 2.45) is 0 Å². The van der Waals surface area contributed by atoms with E-state index in [0.29, 0.717) is 6.04 Å². The first-order valence-corrected chi connectivity index (χ1v) is 6.32. The number of nitrogens with one attached hydrogen (secondary N) is 1. The maximum absolute atomic E-state index is 4.41. The number of hydrogen-bond acceptors (Lipinski definition) is 2. The van der Waals surface area contributed by atoms with Crippen LogP contribution in [0.1, 0.15) is 19.8 Å². The maximum Gasteiger partial charge on any atom is 0.0958 e. The van der Waals surface area contributed by atoms with Crippen molar-refractivity contribution in [3.8, 4) is 11.8 Å². The predicted molar refractivity (Wildman–Crippen MR) is 75.3 cm³/mol. The molecular weight excluding hydrogens is 222 g/mol. The fourth-order valence-electron chi connectivity index (χ4n) is 2.09. The molecular formula is C15H19N3. The molecule has 18 heavy (non-hydrogen) atoms. The summed E-state index contributed by atoms with van der Waals surface area (Å²) in [5.41, 5.74) is 2.25. The highest BCUT2D eigenvalue weighted by atomic mass is 15.1. The Bertz CT molecular complexity index is 560. The van der Waals surface area contributed by atoms with Crippen molar-refractivity contribution in [3.63, 3.8) is 0 Å². The Kier molecular flexibility index (Phi) is 4.38. The summed E-state index contributed by atoms with van der Waals surface area (Å²) >= 11 is 0. The molecule has 2 aromatic rings. The van der Waals surface area contributed by atoms with Gasteiger partial charge in [-0.2, -0.15) is 0 Å². The van der Waals surface area contributed by atoms with Gasteiger partial charge in [-0.05, 0) is 32.5 Å². The minimum Gasteiger partial charge on any atom is -0.329 e. The summed E-state index contributed by atoms with van der Waals surface area (Å²) in [4.78, 5) is 4.41. The van der Waals surface area contributed by atoms with Gasteiger partial charge >= 0.3 is 0 Å². The zero-order valence-corrected chi connectivity index (χ0v) is 11.0. The molecule has 1 aromatic heterocycles. The third kappa shape index (κ3) is 2.91. The van der Waals surface area contributed by atoms with Gasteiger partial charge in [-0.25, -0.2) is 4.98 Å². The lowest BCUT2D eigenvalue weighted by Gasteiger charge is -2.16. The zero-order chi connectivity index (χ0) is 12.8. The van der Waals surface area contributed by atoms with Crippen LogP contribution in [0.4, 0.5) is 0 Å². The van der Waals surface area contributed by atoms with E-state index < -0.39 is 0 Å². The van der Waals surface area contributed by atoms with E-state index in [1.165, 1.54) is 5.52 Å². The van der Waals surface area contributed by atoms with Crippen LogP contribution in [0.3, 0.4) is 0 Å². The molecule has 1 N–H and O–H groups in total. The van der Waals surface area contributed by atoms with Gasteiger partial charge in [0.25, 0.3) is 0 Å². The Morgan fingerprint density at radius 3 is 3.00 bits per heavy atom. The molecule has 1 unspecified atom stereocenters. The monoisotopic (exact) mass is 241 g/mol. The predicted octanol–water partition coefficient (Wildman–Crippen LogP) is 2.43. The molecule has 0 saturated carbocycles. The fourth-order valence-corrected chi connectivity index (χ4v) is 2.09. The topological polar surface area (TPSA) is 29.9 Å². The van der Waals surface area contributed by atoms with Gasteiger partial charge in [-0.1, -0.05) is 12.1 Å². The lowest BCUT2D eigenvalue weighted by molar-refractivity contribution is 0.464. The van der Waals surface area contributed by atoms with Crippen LogP contribution in [0.2, 0.25) is 0 Å². The van der Waals surface area contributed by atoms with Crippen LogP contribution in [0.15, 0.2) is 30.6 Å². The first-order valence-electron chi connectivity index (χ1n) is 6.32. The molecule has 0 bridgehead atoms. The van der Waals surface area contributed by atoms with Crippen LogP contribution in [-0.2, 0) is 6.54 Å². The van der Waals surface area contributed by atoms with Crippen molar-refractivity contribution in [2.45, 2.75) is 32.4 Å². The molecule has 0 radical (unpaired) electrons. The molecule has 0 amide bonds. The van der Waals surface area contributed by atoms with Crippen LogP contribution >= 0.6 is 0 Å².